The van der Waals surface area contributed by atoms with Gasteiger partial charge >= 0.3 is 0 Å². The van der Waals surface area contributed by atoms with Gasteiger partial charge in [0.25, 0.3) is 0 Å². The molecule has 11 heavy (non-hydrogen) atoms. The molecule has 0 N–H and O–H groups in total. The second kappa shape index (κ2) is 2.33. The summed E-state index contributed by atoms with van der Waals surface area (Å²) in [5.41, 5.74) is 0.321. The molecule has 0 nitrogen and oxygen atoms in total. The summed E-state index contributed by atoms with van der Waals surface area (Å²) in [7, 11) is 0. The van der Waals surface area contributed by atoms with Crippen LogP contribution in [0.1, 0.15) is 18.2 Å². The Kier molecular flexibility index (Phi) is 1.75. The highest BCUT2D eigenvalue weighted by molar-refractivity contribution is 9.25. The predicted molar refractivity (Wildman–Crippen MR) is 56.9 cm³/mol. The maximum atomic E-state index is 3.65. The van der Waals surface area contributed by atoms with Crippen LogP contribution in [0, 0.1) is 0 Å². The molecule has 0 amide bonds. The van der Waals surface area contributed by atoms with E-state index in [1.165, 1.54) is 11.3 Å². The third kappa shape index (κ3) is 1.12. The highest BCUT2D eigenvalue weighted by Gasteiger charge is 2.63. The van der Waals surface area contributed by atoms with Crippen LogP contribution < -0.4 is 0 Å². The Bertz CT molecular complexity index is 266. The van der Waals surface area contributed by atoms with E-state index in [2.05, 4.69) is 56.3 Å². The molecule has 3 heteroatoms. The van der Waals surface area contributed by atoms with Gasteiger partial charge in [-0.25, -0.2) is 0 Å². The molecule has 1 saturated carbocycles. The van der Waals surface area contributed by atoms with Crippen molar-refractivity contribution < 1.29 is 0 Å². The largest absolute Gasteiger partial charge is 0.148 e. The zero-order valence-electron chi connectivity index (χ0n) is 6.10. The molecule has 1 atom stereocenters. The first-order valence-corrected chi connectivity index (χ1v) is 5.95. The monoisotopic (exact) mass is 294 g/mol. The highest BCUT2D eigenvalue weighted by Crippen LogP contribution is 2.67. The molecule has 2 rings (SSSR count). The Morgan fingerprint density at radius 3 is 2.55 bits per heavy atom. The SMILES string of the molecule is C[C@]1(c2cccs2)CC1(Br)Br. The van der Waals surface area contributed by atoms with Gasteiger partial charge in [-0.15, -0.1) is 11.3 Å². The van der Waals surface area contributed by atoms with Gasteiger partial charge in [0.15, 0.2) is 0 Å². The van der Waals surface area contributed by atoms with E-state index in [0.717, 1.165) is 0 Å². The summed E-state index contributed by atoms with van der Waals surface area (Å²) in [6.07, 6.45) is 1.18. The van der Waals surface area contributed by atoms with E-state index in [-0.39, 0.29) is 3.23 Å². The van der Waals surface area contributed by atoms with Crippen molar-refractivity contribution in [2.45, 2.75) is 22.0 Å². The molecule has 0 spiro atoms. The number of alkyl halides is 2. The minimum absolute atomic E-state index is 0.165. The standard InChI is InChI=1S/C8H8Br2S/c1-7(5-8(7,9)10)6-3-2-4-11-6/h2-4H,5H2,1H3/t7-/m1/s1. The molecule has 1 aliphatic carbocycles. The van der Waals surface area contributed by atoms with Gasteiger partial charge in [0.1, 0.15) is 0 Å². The summed E-state index contributed by atoms with van der Waals surface area (Å²) in [6.45, 7) is 2.28. The van der Waals surface area contributed by atoms with E-state index in [0.29, 0.717) is 5.41 Å². The first-order valence-electron chi connectivity index (χ1n) is 3.48. The van der Waals surface area contributed by atoms with E-state index < -0.39 is 0 Å². The van der Waals surface area contributed by atoms with Crippen LogP contribution in [0.3, 0.4) is 0 Å². The van der Waals surface area contributed by atoms with Crippen LogP contribution in [-0.2, 0) is 5.41 Å². The fraction of sp³-hybridized carbons (Fsp3) is 0.500. The Balaban J connectivity index is 2.33. The molecule has 0 bridgehead atoms. The molecule has 1 aromatic heterocycles. The van der Waals surface area contributed by atoms with Gasteiger partial charge in [0.2, 0.25) is 0 Å². The number of hydrogen-bond donors (Lipinski definition) is 0. The zero-order chi connectivity index (χ0) is 8.11. The third-order valence-corrected chi connectivity index (χ3v) is 5.77. The third-order valence-electron chi connectivity index (χ3n) is 2.32. The summed E-state index contributed by atoms with van der Waals surface area (Å²) in [4.78, 5) is 1.46. The molecule has 0 aliphatic heterocycles. The second-order valence-corrected chi connectivity index (χ2v) is 7.91. The van der Waals surface area contributed by atoms with Gasteiger partial charge < -0.3 is 0 Å². The lowest BCUT2D eigenvalue weighted by Gasteiger charge is -2.08. The Labute approximate surface area is 87.3 Å². The Hall–Kier alpha value is 0.660. The van der Waals surface area contributed by atoms with Gasteiger partial charge in [-0.2, -0.15) is 0 Å². The van der Waals surface area contributed by atoms with Crippen molar-refractivity contribution in [3.05, 3.63) is 22.4 Å². The normalized spacial score (nSPS) is 33.7. The highest BCUT2D eigenvalue weighted by atomic mass is 79.9. The molecule has 0 saturated heterocycles. The van der Waals surface area contributed by atoms with Crippen LogP contribution in [0.5, 0.6) is 0 Å². The molecule has 60 valence electrons. The van der Waals surface area contributed by atoms with Crippen LogP contribution in [0.25, 0.3) is 0 Å². The summed E-state index contributed by atoms with van der Waals surface area (Å²) < 4.78 is 0.165. The average molecular weight is 296 g/mol. The number of rotatable bonds is 1. The average Bonchev–Trinajstić information content (AvgIpc) is 2.36. The number of hydrogen-bond acceptors (Lipinski definition) is 1. The maximum absolute atomic E-state index is 3.65. The fourth-order valence-corrected chi connectivity index (χ4v) is 4.04. The van der Waals surface area contributed by atoms with Crippen molar-refractivity contribution in [2.24, 2.45) is 0 Å². The number of halogens is 2. The first kappa shape index (κ1) is 8.27. The van der Waals surface area contributed by atoms with Gasteiger partial charge in [-0.1, -0.05) is 44.8 Å². The van der Waals surface area contributed by atoms with Crippen molar-refractivity contribution in [1.29, 1.82) is 0 Å². The zero-order valence-corrected chi connectivity index (χ0v) is 10.1. The lowest BCUT2D eigenvalue weighted by atomic mass is 10.1. The quantitative estimate of drug-likeness (QED) is 0.690. The smallest absolute Gasteiger partial charge is 0.0917 e. The molecule has 1 fully saturated rings. The summed E-state index contributed by atoms with van der Waals surface area (Å²) in [5.74, 6) is 0. The summed E-state index contributed by atoms with van der Waals surface area (Å²) in [5, 5.41) is 2.13. The summed E-state index contributed by atoms with van der Waals surface area (Å²) >= 11 is 9.14. The van der Waals surface area contributed by atoms with E-state index in [9.17, 15) is 0 Å². The molecular formula is C8H8Br2S. The number of thiophene rings is 1. The maximum Gasteiger partial charge on any atom is 0.0917 e. The fourth-order valence-electron chi connectivity index (χ4n) is 1.26. The lowest BCUT2D eigenvalue weighted by molar-refractivity contribution is 0.808. The lowest BCUT2D eigenvalue weighted by Crippen LogP contribution is -2.06. The van der Waals surface area contributed by atoms with Crippen molar-refractivity contribution in [3.63, 3.8) is 0 Å². The van der Waals surface area contributed by atoms with E-state index in [1.807, 2.05) is 11.3 Å². The summed E-state index contributed by atoms with van der Waals surface area (Å²) in [6, 6.07) is 4.31. The van der Waals surface area contributed by atoms with E-state index in [1.54, 1.807) is 0 Å². The molecule has 1 aromatic rings. The molecule has 1 heterocycles. The van der Waals surface area contributed by atoms with Crippen molar-refractivity contribution in [1.82, 2.24) is 0 Å². The molecule has 1 aliphatic rings. The van der Waals surface area contributed by atoms with Crippen LogP contribution in [0.2, 0.25) is 0 Å². The molecule has 0 aromatic carbocycles. The van der Waals surface area contributed by atoms with Crippen LogP contribution in [0.4, 0.5) is 0 Å². The van der Waals surface area contributed by atoms with Gasteiger partial charge in [0.05, 0.1) is 3.23 Å². The van der Waals surface area contributed by atoms with Crippen LogP contribution in [-0.4, -0.2) is 3.23 Å². The molecule has 0 radical (unpaired) electrons. The minimum Gasteiger partial charge on any atom is -0.148 e. The van der Waals surface area contributed by atoms with E-state index >= 15 is 0 Å². The van der Waals surface area contributed by atoms with Crippen LogP contribution >= 0.6 is 43.2 Å². The van der Waals surface area contributed by atoms with Crippen molar-refractivity contribution in [3.8, 4) is 0 Å². The first-order chi connectivity index (χ1) is 5.06. The minimum atomic E-state index is 0.165. The second-order valence-electron chi connectivity index (χ2n) is 3.19. The van der Waals surface area contributed by atoms with Crippen molar-refractivity contribution >= 4 is 43.2 Å². The van der Waals surface area contributed by atoms with Gasteiger partial charge in [-0.05, 0) is 17.9 Å². The molecular weight excluding hydrogens is 288 g/mol. The van der Waals surface area contributed by atoms with Crippen LogP contribution in [0.15, 0.2) is 17.5 Å². The topological polar surface area (TPSA) is 0 Å². The van der Waals surface area contributed by atoms with Crippen molar-refractivity contribution in [2.75, 3.05) is 0 Å². The Morgan fingerprint density at radius 1 is 1.55 bits per heavy atom. The molecule has 0 unspecified atom stereocenters. The van der Waals surface area contributed by atoms with Gasteiger partial charge in [0, 0.05) is 10.3 Å². The van der Waals surface area contributed by atoms with E-state index in [4.69, 9.17) is 0 Å². The predicted octanol–water partition coefficient (Wildman–Crippen LogP) is 3.90. The Morgan fingerprint density at radius 2 is 2.18 bits per heavy atom. The van der Waals surface area contributed by atoms with Gasteiger partial charge in [-0.3, -0.25) is 0 Å².